The zero-order valence-electron chi connectivity index (χ0n) is 14.0. The van der Waals surface area contributed by atoms with Crippen LogP contribution >= 0.6 is 15.9 Å². The van der Waals surface area contributed by atoms with E-state index >= 15 is 0 Å². The molecule has 0 aliphatic heterocycles. The van der Waals surface area contributed by atoms with Crippen molar-refractivity contribution in [3.05, 3.63) is 56.3 Å². The molecule has 0 spiro atoms. The molecule has 2 heterocycles. The Balaban J connectivity index is 2.17. The zero-order valence-corrected chi connectivity index (χ0v) is 15.6. The number of nitrogens with one attached hydrogen (secondary N) is 1. The lowest BCUT2D eigenvalue weighted by atomic mass is 10.0. The van der Waals surface area contributed by atoms with Crippen LogP contribution in [0.1, 0.15) is 36.8 Å². The standard InChI is InChI=1S/C18H16BrN5O/c1-10(2)16-12(9-24(3)23-16)6-11(8-20)17-21-15-5-4-13(19)7-14(15)18(25)22-17/h4-7,9-10H,1-3H3,(H,21,22,25). The van der Waals surface area contributed by atoms with Crippen LogP contribution < -0.4 is 5.56 Å². The van der Waals surface area contributed by atoms with E-state index in [1.807, 2.05) is 33.2 Å². The minimum absolute atomic E-state index is 0.216. The van der Waals surface area contributed by atoms with Gasteiger partial charge in [0.1, 0.15) is 6.07 Å². The lowest BCUT2D eigenvalue weighted by Gasteiger charge is -2.04. The number of allylic oxidation sites excluding steroid dienone is 1. The summed E-state index contributed by atoms with van der Waals surface area (Å²) < 4.78 is 2.51. The first kappa shape index (κ1) is 17.1. The number of nitriles is 1. The maximum Gasteiger partial charge on any atom is 0.259 e. The molecule has 0 saturated heterocycles. The van der Waals surface area contributed by atoms with Gasteiger partial charge in [-0.15, -0.1) is 0 Å². The van der Waals surface area contributed by atoms with Crippen LogP contribution in [0.3, 0.4) is 0 Å². The zero-order chi connectivity index (χ0) is 18.1. The van der Waals surface area contributed by atoms with Crippen molar-refractivity contribution in [2.75, 3.05) is 0 Å². The van der Waals surface area contributed by atoms with Crippen molar-refractivity contribution in [3.8, 4) is 6.07 Å². The van der Waals surface area contributed by atoms with Gasteiger partial charge < -0.3 is 4.98 Å². The Hall–Kier alpha value is -2.72. The quantitative estimate of drug-likeness (QED) is 0.683. The first-order chi connectivity index (χ1) is 11.9. The van der Waals surface area contributed by atoms with Gasteiger partial charge in [-0.25, -0.2) is 4.98 Å². The normalized spacial score (nSPS) is 11.9. The third-order valence-electron chi connectivity index (χ3n) is 3.78. The average molecular weight is 398 g/mol. The van der Waals surface area contributed by atoms with Crippen LogP contribution in [0.4, 0.5) is 0 Å². The Morgan fingerprint density at radius 3 is 2.88 bits per heavy atom. The second kappa shape index (κ2) is 6.65. The van der Waals surface area contributed by atoms with Crippen molar-refractivity contribution in [1.82, 2.24) is 19.7 Å². The molecule has 0 saturated carbocycles. The van der Waals surface area contributed by atoms with Gasteiger partial charge in [-0.2, -0.15) is 10.4 Å². The number of benzene rings is 1. The number of rotatable bonds is 3. The van der Waals surface area contributed by atoms with Crippen LogP contribution in [0.25, 0.3) is 22.6 Å². The number of H-pyrrole nitrogens is 1. The number of halogens is 1. The molecule has 126 valence electrons. The van der Waals surface area contributed by atoms with Crippen molar-refractivity contribution >= 4 is 38.5 Å². The fourth-order valence-electron chi connectivity index (χ4n) is 2.63. The summed E-state index contributed by atoms with van der Waals surface area (Å²) in [5.41, 5.74) is 2.28. The highest BCUT2D eigenvalue weighted by molar-refractivity contribution is 9.10. The predicted molar refractivity (Wildman–Crippen MR) is 101 cm³/mol. The minimum atomic E-state index is -0.280. The van der Waals surface area contributed by atoms with Gasteiger partial charge in [0.2, 0.25) is 0 Å². The first-order valence-corrected chi connectivity index (χ1v) is 8.53. The highest BCUT2D eigenvalue weighted by Crippen LogP contribution is 2.23. The fourth-order valence-corrected chi connectivity index (χ4v) is 2.99. The van der Waals surface area contributed by atoms with E-state index in [9.17, 15) is 10.1 Å². The van der Waals surface area contributed by atoms with Crippen LogP contribution in [0.2, 0.25) is 0 Å². The minimum Gasteiger partial charge on any atom is -0.305 e. The molecule has 3 rings (SSSR count). The maximum atomic E-state index is 12.3. The van der Waals surface area contributed by atoms with Crippen molar-refractivity contribution in [1.29, 1.82) is 5.26 Å². The molecule has 1 aromatic carbocycles. The molecule has 0 aliphatic carbocycles. The Kier molecular flexibility index (Phi) is 4.55. The topological polar surface area (TPSA) is 87.4 Å². The van der Waals surface area contributed by atoms with E-state index in [0.29, 0.717) is 10.9 Å². The second-order valence-electron chi connectivity index (χ2n) is 6.04. The number of aromatic amines is 1. The van der Waals surface area contributed by atoms with Crippen LogP contribution in [0.15, 0.2) is 33.7 Å². The Morgan fingerprint density at radius 1 is 1.44 bits per heavy atom. The monoisotopic (exact) mass is 397 g/mol. The molecule has 0 fully saturated rings. The molecule has 0 atom stereocenters. The number of hydrogen-bond donors (Lipinski definition) is 1. The number of nitrogens with zero attached hydrogens (tertiary/aromatic N) is 4. The summed E-state index contributed by atoms with van der Waals surface area (Å²) in [4.78, 5) is 19.5. The van der Waals surface area contributed by atoms with Gasteiger partial charge in [-0.3, -0.25) is 9.48 Å². The SMILES string of the molecule is CC(C)c1nn(C)cc1C=C(C#N)c1nc2ccc(Br)cc2c(=O)[nH]1. The third-order valence-corrected chi connectivity index (χ3v) is 4.27. The predicted octanol–water partition coefficient (Wildman–Crippen LogP) is 3.61. The number of hydrogen-bond acceptors (Lipinski definition) is 4. The average Bonchev–Trinajstić information content (AvgIpc) is 2.94. The van der Waals surface area contributed by atoms with Crippen LogP contribution in [0, 0.1) is 11.3 Å². The molecule has 0 amide bonds. The summed E-state index contributed by atoms with van der Waals surface area (Å²) in [5, 5.41) is 14.5. The molecule has 7 heteroatoms. The van der Waals surface area contributed by atoms with Gasteiger partial charge in [-0.1, -0.05) is 29.8 Å². The van der Waals surface area contributed by atoms with E-state index in [-0.39, 0.29) is 22.9 Å². The number of fused-ring (bicyclic) bond motifs is 1. The highest BCUT2D eigenvalue weighted by Gasteiger charge is 2.13. The lowest BCUT2D eigenvalue weighted by molar-refractivity contribution is 0.713. The summed E-state index contributed by atoms with van der Waals surface area (Å²) in [5.74, 6) is 0.467. The smallest absolute Gasteiger partial charge is 0.259 e. The first-order valence-electron chi connectivity index (χ1n) is 7.74. The molecule has 0 unspecified atom stereocenters. The Bertz CT molecular complexity index is 1090. The van der Waals surface area contributed by atoms with Gasteiger partial charge in [-0.05, 0) is 30.2 Å². The molecule has 0 bridgehead atoms. The molecule has 6 nitrogen and oxygen atoms in total. The van der Waals surface area contributed by atoms with Crippen molar-refractivity contribution in [3.63, 3.8) is 0 Å². The molecule has 0 radical (unpaired) electrons. The van der Waals surface area contributed by atoms with Crippen LogP contribution in [-0.2, 0) is 7.05 Å². The summed E-state index contributed by atoms with van der Waals surface area (Å²) in [6, 6.07) is 7.39. The van der Waals surface area contributed by atoms with Crippen LogP contribution in [0.5, 0.6) is 0 Å². The third kappa shape index (κ3) is 3.39. The molecule has 2 aromatic heterocycles. The van der Waals surface area contributed by atoms with Gasteiger partial charge in [0.15, 0.2) is 5.82 Å². The van der Waals surface area contributed by atoms with E-state index in [2.05, 4.69) is 37.1 Å². The molecule has 1 N–H and O–H groups in total. The van der Waals surface area contributed by atoms with E-state index in [0.717, 1.165) is 15.7 Å². The van der Waals surface area contributed by atoms with Gasteiger partial charge >= 0.3 is 0 Å². The molecule has 3 aromatic rings. The van der Waals surface area contributed by atoms with E-state index in [1.165, 1.54) is 0 Å². The van der Waals surface area contributed by atoms with Gasteiger partial charge in [0.25, 0.3) is 5.56 Å². The summed E-state index contributed by atoms with van der Waals surface area (Å²) in [6.07, 6.45) is 3.56. The Morgan fingerprint density at radius 2 is 2.20 bits per heavy atom. The lowest BCUT2D eigenvalue weighted by Crippen LogP contribution is -2.11. The van der Waals surface area contributed by atoms with Crippen molar-refractivity contribution in [2.45, 2.75) is 19.8 Å². The Labute approximate surface area is 153 Å². The molecular formula is C18H16BrN5O. The van der Waals surface area contributed by atoms with E-state index < -0.39 is 0 Å². The van der Waals surface area contributed by atoms with Gasteiger partial charge in [0.05, 0.1) is 22.2 Å². The fraction of sp³-hybridized carbons (Fsp3) is 0.222. The maximum absolute atomic E-state index is 12.3. The highest BCUT2D eigenvalue weighted by atomic mass is 79.9. The molecule has 0 aliphatic rings. The number of aryl methyl sites for hydroxylation is 1. The number of aromatic nitrogens is 4. The van der Waals surface area contributed by atoms with E-state index in [4.69, 9.17) is 0 Å². The largest absolute Gasteiger partial charge is 0.305 e. The van der Waals surface area contributed by atoms with E-state index in [1.54, 1.807) is 22.9 Å². The van der Waals surface area contributed by atoms with Crippen molar-refractivity contribution in [2.24, 2.45) is 7.05 Å². The second-order valence-corrected chi connectivity index (χ2v) is 6.96. The van der Waals surface area contributed by atoms with Crippen molar-refractivity contribution < 1.29 is 0 Å². The van der Waals surface area contributed by atoms with Crippen LogP contribution in [-0.4, -0.2) is 19.7 Å². The summed E-state index contributed by atoms with van der Waals surface area (Å²) >= 11 is 3.34. The molecule has 25 heavy (non-hydrogen) atoms. The molecular weight excluding hydrogens is 382 g/mol. The summed E-state index contributed by atoms with van der Waals surface area (Å²) in [7, 11) is 1.84. The van der Waals surface area contributed by atoms with Gasteiger partial charge in [0, 0.05) is 23.3 Å². The summed E-state index contributed by atoms with van der Waals surface area (Å²) in [6.45, 7) is 4.08.